The Bertz CT molecular complexity index is 353. The van der Waals surface area contributed by atoms with Crippen molar-refractivity contribution in [2.24, 2.45) is 0 Å². The number of carbonyl (C=O) groups excluding carboxylic acids is 1. The maximum Gasteiger partial charge on any atom is 0.192 e. The van der Waals surface area contributed by atoms with Crippen LogP contribution < -0.4 is 0 Å². The van der Waals surface area contributed by atoms with Crippen LogP contribution in [0.5, 0.6) is 0 Å². The summed E-state index contributed by atoms with van der Waals surface area (Å²) in [6, 6.07) is 0. The molecule has 0 saturated carbocycles. The molecular weight excluding hydrogens is 280 g/mol. The van der Waals surface area contributed by atoms with Gasteiger partial charge in [-0.25, -0.2) is 0 Å². The number of aliphatic hydroxyl groups excluding tert-OH is 2. The molecule has 4 heteroatoms. The number of carbonyl (C=O) groups is 1. The number of aliphatic hydroxyl groups is 3. The highest BCUT2D eigenvalue weighted by Gasteiger charge is 2.50. The molecule has 3 N–H and O–H groups in total. The minimum atomic E-state index is -2.03. The highest BCUT2D eigenvalue weighted by Crippen LogP contribution is 2.27. The van der Waals surface area contributed by atoms with Gasteiger partial charge >= 0.3 is 0 Å². The monoisotopic (exact) mass is 312 g/mol. The predicted molar refractivity (Wildman–Crippen MR) is 87.6 cm³/mol. The Morgan fingerprint density at radius 1 is 1.05 bits per heavy atom. The summed E-state index contributed by atoms with van der Waals surface area (Å²) in [5.74, 6) is -0.598. The van der Waals surface area contributed by atoms with Gasteiger partial charge in [-0.05, 0) is 18.6 Å². The van der Waals surface area contributed by atoms with Gasteiger partial charge in [0.15, 0.2) is 11.4 Å². The third-order valence-corrected chi connectivity index (χ3v) is 4.61. The van der Waals surface area contributed by atoms with Crippen molar-refractivity contribution in [2.75, 3.05) is 0 Å². The molecule has 0 saturated heterocycles. The Hall–Kier alpha value is -0.710. The van der Waals surface area contributed by atoms with E-state index < -0.39 is 23.6 Å². The van der Waals surface area contributed by atoms with Crippen molar-refractivity contribution in [1.29, 1.82) is 0 Å². The Balaban J connectivity index is 2.04. The van der Waals surface area contributed by atoms with Crippen LogP contribution in [0, 0.1) is 0 Å². The summed E-state index contributed by atoms with van der Waals surface area (Å²) in [6.45, 7) is 2.22. The van der Waals surface area contributed by atoms with Gasteiger partial charge in [-0.3, -0.25) is 4.79 Å². The zero-order chi connectivity index (χ0) is 16.4. The van der Waals surface area contributed by atoms with E-state index in [0.717, 1.165) is 25.3 Å². The van der Waals surface area contributed by atoms with E-state index in [-0.39, 0.29) is 0 Å². The minimum Gasteiger partial charge on any atom is -0.390 e. The van der Waals surface area contributed by atoms with Crippen LogP contribution in [0.2, 0.25) is 0 Å². The molecule has 4 nitrogen and oxygen atoms in total. The Labute approximate surface area is 134 Å². The number of hydrogen-bond donors (Lipinski definition) is 3. The zero-order valence-corrected chi connectivity index (χ0v) is 13.8. The summed E-state index contributed by atoms with van der Waals surface area (Å²) >= 11 is 0. The molecule has 1 rings (SSSR count). The molecule has 1 aliphatic rings. The van der Waals surface area contributed by atoms with Crippen LogP contribution in [0.4, 0.5) is 0 Å². The molecule has 0 amide bonds. The van der Waals surface area contributed by atoms with Crippen LogP contribution in [0.3, 0.4) is 0 Å². The van der Waals surface area contributed by atoms with Crippen LogP contribution in [-0.4, -0.2) is 38.9 Å². The van der Waals surface area contributed by atoms with Gasteiger partial charge in [0, 0.05) is 0 Å². The molecule has 0 aromatic rings. The van der Waals surface area contributed by atoms with E-state index in [1.807, 2.05) is 0 Å². The summed E-state index contributed by atoms with van der Waals surface area (Å²) in [5, 5.41) is 29.8. The van der Waals surface area contributed by atoms with E-state index in [4.69, 9.17) is 0 Å². The highest BCUT2D eigenvalue weighted by atomic mass is 16.4. The average molecular weight is 312 g/mol. The summed E-state index contributed by atoms with van der Waals surface area (Å²) < 4.78 is 0. The van der Waals surface area contributed by atoms with Gasteiger partial charge in [-0.1, -0.05) is 71.1 Å². The first kappa shape index (κ1) is 19.3. The molecule has 0 fully saturated rings. The molecule has 0 aromatic heterocycles. The maximum atomic E-state index is 11.6. The summed E-state index contributed by atoms with van der Waals surface area (Å²) in [6.07, 6.45) is 12.2. The number of ketones is 1. The lowest BCUT2D eigenvalue weighted by atomic mass is 9.87. The molecule has 0 spiro atoms. The molecule has 0 aromatic carbocycles. The molecule has 0 aliphatic heterocycles. The van der Waals surface area contributed by atoms with E-state index in [1.54, 1.807) is 0 Å². The largest absolute Gasteiger partial charge is 0.390 e. The first-order chi connectivity index (χ1) is 10.5. The summed E-state index contributed by atoms with van der Waals surface area (Å²) in [4.78, 5) is 11.6. The fraction of sp³-hybridized carbons (Fsp3) is 0.833. The van der Waals surface area contributed by atoms with Gasteiger partial charge in [0.05, 0.1) is 6.10 Å². The van der Waals surface area contributed by atoms with Crippen molar-refractivity contribution in [3.8, 4) is 0 Å². The molecule has 128 valence electrons. The lowest BCUT2D eigenvalue weighted by Crippen LogP contribution is -2.54. The summed E-state index contributed by atoms with van der Waals surface area (Å²) in [5.41, 5.74) is -2.03. The van der Waals surface area contributed by atoms with Crippen LogP contribution >= 0.6 is 0 Å². The zero-order valence-electron chi connectivity index (χ0n) is 13.8. The molecule has 22 heavy (non-hydrogen) atoms. The molecule has 0 bridgehead atoms. The fourth-order valence-corrected chi connectivity index (χ4v) is 3.01. The Morgan fingerprint density at radius 3 is 2.00 bits per heavy atom. The molecule has 1 aliphatic carbocycles. The second-order valence-electron chi connectivity index (χ2n) is 6.48. The van der Waals surface area contributed by atoms with Crippen molar-refractivity contribution < 1.29 is 20.1 Å². The van der Waals surface area contributed by atoms with Gasteiger partial charge in [0.1, 0.15) is 6.10 Å². The molecule has 3 atom stereocenters. The van der Waals surface area contributed by atoms with Crippen molar-refractivity contribution >= 4 is 5.78 Å². The van der Waals surface area contributed by atoms with E-state index in [2.05, 4.69) is 6.92 Å². The van der Waals surface area contributed by atoms with E-state index in [9.17, 15) is 20.1 Å². The van der Waals surface area contributed by atoms with E-state index in [1.165, 1.54) is 51.0 Å². The third-order valence-electron chi connectivity index (χ3n) is 4.61. The van der Waals surface area contributed by atoms with Gasteiger partial charge in [0.25, 0.3) is 0 Å². The number of unbranched alkanes of at least 4 members (excludes halogenated alkanes) is 9. The number of hydrogen-bond acceptors (Lipinski definition) is 4. The SMILES string of the molecule is CCCCCCCCCCCC[C@@H](O)[C@@]1(O)C(=O)C=C[C@@H]1O. The third kappa shape index (κ3) is 5.49. The standard InChI is InChI=1S/C18H32O4/c1-2-3-4-5-6-7-8-9-10-11-12-15(19)18(22)16(20)13-14-17(18)21/h13-16,19-20,22H,2-12H2,1H3/t15-,16+,18+/m1/s1. The second-order valence-corrected chi connectivity index (χ2v) is 6.48. The molecular formula is C18H32O4. The molecule has 0 heterocycles. The van der Waals surface area contributed by atoms with Crippen LogP contribution in [0.15, 0.2) is 12.2 Å². The maximum absolute atomic E-state index is 11.6. The van der Waals surface area contributed by atoms with Gasteiger partial charge in [-0.15, -0.1) is 0 Å². The van der Waals surface area contributed by atoms with Crippen LogP contribution in [0.1, 0.15) is 77.6 Å². The van der Waals surface area contributed by atoms with Gasteiger partial charge in [0.2, 0.25) is 0 Å². The fourth-order valence-electron chi connectivity index (χ4n) is 3.01. The van der Waals surface area contributed by atoms with Crippen molar-refractivity contribution in [1.82, 2.24) is 0 Å². The average Bonchev–Trinajstić information content (AvgIpc) is 2.77. The normalized spacial score (nSPS) is 25.8. The minimum absolute atomic E-state index is 0.345. The highest BCUT2D eigenvalue weighted by molar-refractivity contribution is 6.00. The van der Waals surface area contributed by atoms with Crippen molar-refractivity contribution in [3.63, 3.8) is 0 Å². The first-order valence-corrected chi connectivity index (χ1v) is 8.84. The van der Waals surface area contributed by atoms with Crippen molar-refractivity contribution in [3.05, 3.63) is 12.2 Å². The van der Waals surface area contributed by atoms with E-state index in [0.29, 0.717) is 6.42 Å². The van der Waals surface area contributed by atoms with Crippen molar-refractivity contribution in [2.45, 2.75) is 95.4 Å². The second kappa shape index (κ2) is 10.1. The van der Waals surface area contributed by atoms with Crippen LogP contribution in [0.25, 0.3) is 0 Å². The smallest absolute Gasteiger partial charge is 0.192 e. The van der Waals surface area contributed by atoms with Crippen LogP contribution in [-0.2, 0) is 4.79 Å². The van der Waals surface area contributed by atoms with Gasteiger partial charge in [-0.2, -0.15) is 0 Å². The Kier molecular flexibility index (Phi) is 8.91. The topological polar surface area (TPSA) is 77.8 Å². The van der Waals surface area contributed by atoms with E-state index >= 15 is 0 Å². The number of rotatable bonds is 12. The quantitative estimate of drug-likeness (QED) is 0.484. The molecule has 0 radical (unpaired) electrons. The lowest BCUT2D eigenvalue weighted by Gasteiger charge is -2.30. The lowest BCUT2D eigenvalue weighted by molar-refractivity contribution is -0.158. The first-order valence-electron chi connectivity index (χ1n) is 8.84. The molecule has 0 unspecified atom stereocenters. The predicted octanol–water partition coefficient (Wildman–Crippen LogP) is 2.89. The summed E-state index contributed by atoms with van der Waals surface area (Å²) in [7, 11) is 0. The van der Waals surface area contributed by atoms with Gasteiger partial charge < -0.3 is 15.3 Å². The Morgan fingerprint density at radius 2 is 1.55 bits per heavy atom.